The predicted octanol–water partition coefficient (Wildman–Crippen LogP) is -0.335. The molecule has 1 aliphatic heterocycles. The van der Waals surface area contributed by atoms with Crippen molar-refractivity contribution < 1.29 is 19.8 Å². The van der Waals surface area contributed by atoms with Crippen LogP contribution < -0.4 is 5.32 Å². The van der Waals surface area contributed by atoms with Crippen molar-refractivity contribution in [1.29, 1.82) is 0 Å². The zero-order valence-corrected chi connectivity index (χ0v) is 14.3. The molecule has 0 spiro atoms. The summed E-state index contributed by atoms with van der Waals surface area (Å²) in [6.07, 6.45) is -0.621. The first-order chi connectivity index (χ1) is 12.5. The third-order valence-corrected chi connectivity index (χ3v) is 4.25. The molecule has 136 valence electrons. The Labute approximate surface area is 150 Å². The van der Waals surface area contributed by atoms with Crippen molar-refractivity contribution in [3.63, 3.8) is 0 Å². The molecule has 0 saturated carbocycles. The summed E-state index contributed by atoms with van der Waals surface area (Å²) < 4.78 is 0. The number of rotatable bonds is 5. The summed E-state index contributed by atoms with van der Waals surface area (Å²) in [5.74, 6) is -1.52. The molecule has 0 aliphatic carbocycles. The minimum atomic E-state index is -1.86. The summed E-state index contributed by atoms with van der Waals surface area (Å²) in [4.78, 5) is 34.0. The normalized spacial score (nSPS) is 15.3. The molecule has 0 saturated heterocycles. The van der Waals surface area contributed by atoms with Gasteiger partial charge in [-0.05, 0) is 18.1 Å². The SMILES string of the molecule is Cc1cnc(CNC(=O)[C@H](O)[C@@H](O)C(=O)N2Cc3ccccc3C2)cn1. The highest BCUT2D eigenvalue weighted by atomic mass is 16.3. The number of benzene rings is 1. The summed E-state index contributed by atoms with van der Waals surface area (Å²) in [7, 11) is 0. The summed E-state index contributed by atoms with van der Waals surface area (Å²) in [5.41, 5.74) is 3.23. The van der Waals surface area contributed by atoms with E-state index in [-0.39, 0.29) is 6.54 Å². The molecule has 3 rings (SSSR count). The molecule has 1 aliphatic rings. The number of carbonyl (C=O) groups is 2. The molecule has 0 radical (unpaired) electrons. The van der Waals surface area contributed by atoms with E-state index in [2.05, 4.69) is 15.3 Å². The number of nitrogens with one attached hydrogen (secondary N) is 1. The molecule has 2 atom stereocenters. The van der Waals surface area contributed by atoms with Gasteiger partial charge in [-0.15, -0.1) is 0 Å². The number of aromatic nitrogens is 2. The fourth-order valence-electron chi connectivity index (χ4n) is 2.75. The van der Waals surface area contributed by atoms with Crippen LogP contribution in [0.3, 0.4) is 0 Å². The Morgan fingerprint density at radius 1 is 1.12 bits per heavy atom. The fraction of sp³-hybridized carbons (Fsp3) is 0.333. The van der Waals surface area contributed by atoms with Gasteiger partial charge in [0.25, 0.3) is 11.8 Å². The lowest BCUT2D eigenvalue weighted by Gasteiger charge is -2.22. The molecule has 0 bridgehead atoms. The van der Waals surface area contributed by atoms with Crippen LogP contribution in [-0.2, 0) is 29.2 Å². The Bertz CT molecular complexity index is 784. The summed E-state index contributed by atoms with van der Waals surface area (Å²) in [6, 6.07) is 7.56. The maximum atomic E-state index is 12.4. The van der Waals surface area contributed by atoms with Gasteiger partial charge in [0.15, 0.2) is 12.2 Å². The number of amides is 2. The molecule has 1 aromatic carbocycles. The molecule has 2 heterocycles. The molecule has 8 nitrogen and oxygen atoms in total. The van der Waals surface area contributed by atoms with E-state index in [9.17, 15) is 19.8 Å². The third-order valence-electron chi connectivity index (χ3n) is 4.25. The Balaban J connectivity index is 1.55. The Kier molecular flexibility index (Phi) is 5.24. The topological polar surface area (TPSA) is 116 Å². The highest BCUT2D eigenvalue weighted by molar-refractivity contribution is 5.90. The quantitative estimate of drug-likeness (QED) is 0.675. The lowest BCUT2D eigenvalue weighted by atomic mass is 10.1. The Hall–Kier alpha value is -2.84. The number of hydrogen-bond donors (Lipinski definition) is 3. The largest absolute Gasteiger partial charge is 0.380 e. The van der Waals surface area contributed by atoms with Gasteiger partial charge in [0.05, 0.1) is 24.1 Å². The maximum Gasteiger partial charge on any atom is 0.255 e. The lowest BCUT2D eigenvalue weighted by Crippen LogP contribution is -2.49. The van der Waals surface area contributed by atoms with E-state index >= 15 is 0 Å². The number of aliphatic hydroxyl groups is 2. The maximum absolute atomic E-state index is 12.4. The van der Waals surface area contributed by atoms with Crippen molar-refractivity contribution in [3.8, 4) is 0 Å². The molecular formula is C18H20N4O4. The van der Waals surface area contributed by atoms with Crippen molar-refractivity contribution in [2.45, 2.75) is 38.8 Å². The van der Waals surface area contributed by atoms with Gasteiger partial charge in [-0.2, -0.15) is 0 Å². The average Bonchev–Trinajstić information content (AvgIpc) is 3.09. The zero-order valence-electron chi connectivity index (χ0n) is 14.3. The van der Waals surface area contributed by atoms with E-state index in [1.165, 1.54) is 11.1 Å². The van der Waals surface area contributed by atoms with Crippen molar-refractivity contribution in [1.82, 2.24) is 20.2 Å². The number of hydrogen-bond acceptors (Lipinski definition) is 6. The van der Waals surface area contributed by atoms with Gasteiger partial charge >= 0.3 is 0 Å². The fourth-order valence-corrected chi connectivity index (χ4v) is 2.75. The third kappa shape index (κ3) is 3.87. The summed E-state index contributed by atoms with van der Waals surface area (Å²) in [6.45, 7) is 2.52. The smallest absolute Gasteiger partial charge is 0.255 e. The van der Waals surface area contributed by atoms with E-state index in [4.69, 9.17) is 0 Å². The van der Waals surface area contributed by atoms with Crippen LogP contribution in [0, 0.1) is 6.92 Å². The first kappa shape index (κ1) is 18.0. The highest BCUT2D eigenvalue weighted by Crippen LogP contribution is 2.23. The summed E-state index contributed by atoms with van der Waals surface area (Å²) in [5, 5.41) is 22.5. The van der Waals surface area contributed by atoms with Crippen LogP contribution in [-0.4, -0.2) is 49.1 Å². The minimum Gasteiger partial charge on any atom is -0.380 e. The molecule has 0 unspecified atom stereocenters. The lowest BCUT2D eigenvalue weighted by molar-refractivity contribution is -0.153. The highest BCUT2D eigenvalue weighted by Gasteiger charge is 2.35. The minimum absolute atomic E-state index is 0.0409. The van der Waals surface area contributed by atoms with Gasteiger partial charge in [-0.25, -0.2) is 0 Å². The number of aliphatic hydroxyl groups excluding tert-OH is 2. The molecule has 3 N–H and O–H groups in total. The van der Waals surface area contributed by atoms with Gasteiger partial charge in [0.2, 0.25) is 0 Å². The van der Waals surface area contributed by atoms with Crippen LogP contribution in [0.2, 0.25) is 0 Å². The van der Waals surface area contributed by atoms with Crippen molar-refractivity contribution in [3.05, 3.63) is 59.2 Å². The van der Waals surface area contributed by atoms with E-state index in [1.54, 1.807) is 13.1 Å². The van der Waals surface area contributed by atoms with Crippen LogP contribution in [0.1, 0.15) is 22.5 Å². The first-order valence-electron chi connectivity index (χ1n) is 8.22. The molecule has 2 amide bonds. The summed E-state index contributed by atoms with van der Waals surface area (Å²) >= 11 is 0. The van der Waals surface area contributed by atoms with E-state index in [1.807, 2.05) is 24.3 Å². The standard InChI is InChI=1S/C18H20N4O4/c1-11-6-20-14(7-19-11)8-21-17(25)15(23)16(24)18(26)22-9-12-4-2-3-5-13(12)10-22/h2-7,15-16,23-24H,8-10H2,1H3,(H,21,25)/t15-,16-/m1/s1. The molecule has 2 aromatic rings. The number of aryl methyl sites for hydroxylation is 1. The monoisotopic (exact) mass is 356 g/mol. The molecular weight excluding hydrogens is 336 g/mol. The number of nitrogens with zero attached hydrogens (tertiary/aromatic N) is 3. The second kappa shape index (κ2) is 7.59. The van der Waals surface area contributed by atoms with Gasteiger partial charge in [0, 0.05) is 19.3 Å². The van der Waals surface area contributed by atoms with Gasteiger partial charge in [-0.3, -0.25) is 19.6 Å². The van der Waals surface area contributed by atoms with Crippen LogP contribution >= 0.6 is 0 Å². The van der Waals surface area contributed by atoms with Crippen LogP contribution in [0.15, 0.2) is 36.7 Å². The Morgan fingerprint density at radius 2 is 1.77 bits per heavy atom. The van der Waals surface area contributed by atoms with Crippen LogP contribution in [0.5, 0.6) is 0 Å². The second-order valence-corrected chi connectivity index (χ2v) is 6.22. The molecule has 1 aromatic heterocycles. The van der Waals surface area contributed by atoms with Crippen molar-refractivity contribution in [2.75, 3.05) is 0 Å². The van der Waals surface area contributed by atoms with E-state index in [0.29, 0.717) is 18.8 Å². The Morgan fingerprint density at radius 3 is 2.35 bits per heavy atom. The molecule has 26 heavy (non-hydrogen) atoms. The molecule has 8 heteroatoms. The van der Waals surface area contributed by atoms with E-state index < -0.39 is 24.0 Å². The predicted molar refractivity (Wildman–Crippen MR) is 91.3 cm³/mol. The van der Waals surface area contributed by atoms with Gasteiger partial charge in [0.1, 0.15) is 0 Å². The zero-order chi connectivity index (χ0) is 18.7. The van der Waals surface area contributed by atoms with Crippen LogP contribution in [0.4, 0.5) is 0 Å². The molecule has 0 fully saturated rings. The second-order valence-electron chi connectivity index (χ2n) is 6.22. The number of fused-ring (bicyclic) bond motifs is 1. The van der Waals surface area contributed by atoms with Crippen molar-refractivity contribution >= 4 is 11.8 Å². The van der Waals surface area contributed by atoms with Crippen LogP contribution in [0.25, 0.3) is 0 Å². The van der Waals surface area contributed by atoms with Gasteiger partial charge in [-0.1, -0.05) is 24.3 Å². The van der Waals surface area contributed by atoms with Gasteiger partial charge < -0.3 is 20.4 Å². The average molecular weight is 356 g/mol. The number of carbonyl (C=O) groups excluding carboxylic acids is 2. The van der Waals surface area contributed by atoms with E-state index in [0.717, 1.165) is 16.8 Å². The first-order valence-corrected chi connectivity index (χ1v) is 8.22. The van der Waals surface area contributed by atoms with Crippen molar-refractivity contribution in [2.24, 2.45) is 0 Å².